The van der Waals surface area contributed by atoms with Gasteiger partial charge in [0.25, 0.3) is 17.7 Å². The number of thiazole rings is 1. The fourth-order valence-corrected chi connectivity index (χ4v) is 3.67. The third-order valence-corrected chi connectivity index (χ3v) is 5.20. The molecule has 10 nitrogen and oxygen atoms in total. The van der Waals surface area contributed by atoms with Crippen LogP contribution in [-0.2, 0) is 0 Å². The Labute approximate surface area is 177 Å². The number of rotatable bonds is 5. The van der Waals surface area contributed by atoms with E-state index in [-0.39, 0.29) is 38.6 Å². The number of hydrogen-bond acceptors (Lipinski definition) is 7. The Kier molecular flexibility index (Phi) is 4.79. The number of fused-ring (bicyclic) bond motifs is 1. The van der Waals surface area contributed by atoms with Crippen LogP contribution in [0.3, 0.4) is 0 Å². The zero-order valence-electron chi connectivity index (χ0n) is 15.4. The van der Waals surface area contributed by atoms with Crippen LogP contribution in [0.25, 0.3) is 0 Å². The molecule has 0 bridgehead atoms. The van der Waals surface area contributed by atoms with Gasteiger partial charge in [-0.25, -0.2) is 19.5 Å². The van der Waals surface area contributed by atoms with Crippen molar-refractivity contribution in [1.82, 2.24) is 4.98 Å². The molecule has 154 valence electrons. The Morgan fingerprint density at radius 1 is 0.871 bits per heavy atom. The molecule has 31 heavy (non-hydrogen) atoms. The van der Waals surface area contributed by atoms with Crippen LogP contribution in [0, 0.1) is 0 Å². The van der Waals surface area contributed by atoms with Gasteiger partial charge in [-0.1, -0.05) is 0 Å². The normalized spacial score (nSPS) is 12.6. The average molecular weight is 437 g/mol. The number of aromatic carboxylic acids is 2. The Morgan fingerprint density at radius 3 is 2.10 bits per heavy atom. The second kappa shape index (κ2) is 7.46. The number of imide groups is 1. The molecule has 1 aromatic heterocycles. The summed E-state index contributed by atoms with van der Waals surface area (Å²) < 4.78 is 0. The van der Waals surface area contributed by atoms with Crippen molar-refractivity contribution in [3.05, 3.63) is 75.8 Å². The van der Waals surface area contributed by atoms with Gasteiger partial charge in [-0.15, -0.1) is 11.3 Å². The van der Waals surface area contributed by atoms with Gasteiger partial charge < -0.3 is 15.5 Å². The van der Waals surface area contributed by atoms with Crippen molar-refractivity contribution in [1.29, 1.82) is 0 Å². The van der Waals surface area contributed by atoms with E-state index in [2.05, 4.69) is 10.3 Å². The minimum absolute atomic E-state index is 0.0263. The molecule has 1 aliphatic rings. The molecule has 0 unspecified atom stereocenters. The first-order valence-electron chi connectivity index (χ1n) is 8.61. The maximum atomic E-state index is 12.7. The van der Waals surface area contributed by atoms with Gasteiger partial charge in [0.05, 0.1) is 22.3 Å². The van der Waals surface area contributed by atoms with Crippen LogP contribution in [0.4, 0.5) is 10.8 Å². The largest absolute Gasteiger partial charge is 0.478 e. The zero-order chi connectivity index (χ0) is 22.3. The molecule has 0 radical (unpaired) electrons. The number of benzene rings is 2. The van der Waals surface area contributed by atoms with E-state index in [1.165, 1.54) is 24.4 Å². The first-order chi connectivity index (χ1) is 14.8. The first-order valence-corrected chi connectivity index (χ1v) is 9.49. The molecule has 1 aliphatic heterocycles. The van der Waals surface area contributed by atoms with Gasteiger partial charge in [0.1, 0.15) is 0 Å². The minimum Gasteiger partial charge on any atom is -0.478 e. The maximum absolute atomic E-state index is 12.7. The fourth-order valence-electron chi connectivity index (χ4n) is 3.03. The lowest BCUT2D eigenvalue weighted by Gasteiger charge is -2.09. The molecule has 3 aromatic rings. The molecular formula is C20H11N3O7S. The number of hydrogen-bond donors (Lipinski definition) is 3. The molecule has 2 aromatic carbocycles. The van der Waals surface area contributed by atoms with Crippen LogP contribution in [0.15, 0.2) is 48.0 Å². The van der Waals surface area contributed by atoms with Crippen molar-refractivity contribution in [3.8, 4) is 0 Å². The number of aromatic nitrogens is 1. The quantitative estimate of drug-likeness (QED) is 0.515. The summed E-state index contributed by atoms with van der Waals surface area (Å²) in [5.74, 6) is -4.60. The van der Waals surface area contributed by atoms with E-state index in [1.54, 1.807) is 5.38 Å². The third-order valence-electron chi connectivity index (χ3n) is 4.44. The summed E-state index contributed by atoms with van der Waals surface area (Å²) in [7, 11) is 0. The van der Waals surface area contributed by atoms with Crippen molar-refractivity contribution in [2.24, 2.45) is 0 Å². The molecule has 0 aliphatic carbocycles. The number of nitrogens with one attached hydrogen (secondary N) is 1. The van der Waals surface area contributed by atoms with E-state index in [4.69, 9.17) is 10.2 Å². The summed E-state index contributed by atoms with van der Waals surface area (Å²) in [4.78, 5) is 65.2. The molecule has 3 N–H and O–H groups in total. The number of amides is 3. The van der Waals surface area contributed by atoms with Crippen molar-refractivity contribution >= 4 is 51.8 Å². The number of carboxylic acids is 2. The Bertz CT molecular complexity index is 1250. The average Bonchev–Trinajstić information content (AvgIpc) is 3.34. The third kappa shape index (κ3) is 3.53. The van der Waals surface area contributed by atoms with Crippen molar-refractivity contribution in [3.63, 3.8) is 0 Å². The molecule has 0 atom stereocenters. The highest BCUT2D eigenvalue weighted by Gasteiger charge is 2.38. The second-order valence-electron chi connectivity index (χ2n) is 6.38. The molecule has 0 spiro atoms. The molecule has 11 heteroatoms. The van der Waals surface area contributed by atoms with Gasteiger partial charge in [-0.05, 0) is 36.4 Å². The van der Waals surface area contributed by atoms with E-state index < -0.39 is 29.7 Å². The molecular weight excluding hydrogens is 426 g/mol. The number of carbonyl (C=O) groups excluding carboxylic acids is 3. The summed E-state index contributed by atoms with van der Waals surface area (Å²) in [6.07, 6.45) is 1.46. The smallest absolute Gasteiger partial charge is 0.335 e. The molecule has 0 fully saturated rings. The molecule has 2 heterocycles. The summed E-state index contributed by atoms with van der Waals surface area (Å²) in [5, 5.41) is 22.5. The van der Waals surface area contributed by atoms with Crippen molar-refractivity contribution < 1.29 is 34.2 Å². The number of anilines is 2. The van der Waals surface area contributed by atoms with Crippen molar-refractivity contribution in [2.45, 2.75) is 0 Å². The second-order valence-corrected chi connectivity index (χ2v) is 7.26. The topological polar surface area (TPSA) is 154 Å². The lowest BCUT2D eigenvalue weighted by Crippen LogP contribution is -2.29. The highest BCUT2D eigenvalue weighted by atomic mass is 32.1. The highest BCUT2D eigenvalue weighted by Crippen LogP contribution is 2.30. The highest BCUT2D eigenvalue weighted by molar-refractivity contribution is 7.14. The minimum atomic E-state index is -1.36. The Balaban J connectivity index is 1.64. The first kappa shape index (κ1) is 19.9. The van der Waals surface area contributed by atoms with Gasteiger partial charge >= 0.3 is 11.9 Å². The van der Waals surface area contributed by atoms with E-state index in [0.29, 0.717) is 0 Å². The predicted octanol–water partition coefficient (Wildman–Crippen LogP) is 2.59. The maximum Gasteiger partial charge on any atom is 0.335 e. The fraction of sp³-hybridized carbons (Fsp3) is 0. The molecule has 3 amide bonds. The van der Waals surface area contributed by atoms with Gasteiger partial charge in [0, 0.05) is 22.8 Å². The van der Waals surface area contributed by atoms with Gasteiger partial charge in [-0.2, -0.15) is 0 Å². The van der Waals surface area contributed by atoms with Crippen LogP contribution in [0.1, 0.15) is 51.8 Å². The monoisotopic (exact) mass is 437 g/mol. The molecule has 4 rings (SSSR count). The standard InChI is InChI=1S/C20H11N3O7S/c24-15(22-12-6-10(18(27)28)5-11(7-12)19(29)30)9-1-2-13-14(8-9)17(26)23(16(13)25)20-21-3-4-31-20/h1-8H,(H,22,24)(H,27,28)(H,29,30). The van der Waals surface area contributed by atoms with Gasteiger partial charge in [0.2, 0.25) is 0 Å². The van der Waals surface area contributed by atoms with Crippen LogP contribution >= 0.6 is 11.3 Å². The van der Waals surface area contributed by atoms with Crippen molar-refractivity contribution in [2.75, 3.05) is 10.2 Å². The lowest BCUT2D eigenvalue weighted by atomic mass is 10.0. The predicted molar refractivity (Wildman–Crippen MR) is 108 cm³/mol. The van der Waals surface area contributed by atoms with E-state index in [9.17, 15) is 24.0 Å². The Hall–Kier alpha value is -4.38. The number of nitrogens with zero attached hydrogens (tertiary/aromatic N) is 2. The summed E-state index contributed by atoms with van der Waals surface area (Å²) in [5.41, 5.74) is -0.503. The molecule has 0 saturated heterocycles. The summed E-state index contributed by atoms with van der Waals surface area (Å²) in [6, 6.07) is 7.11. The zero-order valence-corrected chi connectivity index (χ0v) is 16.2. The van der Waals surface area contributed by atoms with E-state index >= 15 is 0 Å². The van der Waals surface area contributed by atoms with E-state index in [0.717, 1.165) is 34.4 Å². The van der Waals surface area contributed by atoms with Crippen LogP contribution in [0.2, 0.25) is 0 Å². The lowest BCUT2D eigenvalue weighted by molar-refractivity contribution is 0.0695. The van der Waals surface area contributed by atoms with Gasteiger partial charge in [0.15, 0.2) is 5.13 Å². The summed E-state index contributed by atoms with van der Waals surface area (Å²) >= 11 is 1.12. The SMILES string of the molecule is O=C(O)c1cc(NC(=O)c2ccc3c(c2)C(=O)N(c2nccs2)C3=O)cc(C(=O)O)c1. The van der Waals surface area contributed by atoms with Gasteiger partial charge in [-0.3, -0.25) is 14.4 Å². The summed E-state index contributed by atoms with van der Waals surface area (Å²) in [6.45, 7) is 0. The van der Waals surface area contributed by atoms with Crippen LogP contribution in [-0.4, -0.2) is 44.9 Å². The van der Waals surface area contributed by atoms with E-state index in [1.807, 2.05) is 0 Å². The van der Waals surface area contributed by atoms with Crippen LogP contribution in [0.5, 0.6) is 0 Å². The molecule has 0 saturated carbocycles. The number of carboxylic acid groups (broad SMARTS) is 2. The number of carbonyl (C=O) groups is 5. The van der Waals surface area contributed by atoms with Crippen LogP contribution < -0.4 is 10.2 Å². The Morgan fingerprint density at radius 2 is 1.52 bits per heavy atom.